The van der Waals surface area contributed by atoms with Gasteiger partial charge >= 0.3 is 0 Å². The number of likely N-dealkylation sites (tertiary alicyclic amines) is 1. The van der Waals surface area contributed by atoms with Gasteiger partial charge in [-0.1, -0.05) is 22.0 Å². The van der Waals surface area contributed by atoms with E-state index in [0.29, 0.717) is 12.1 Å². The van der Waals surface area contributed by atoms with Crippen LogP contribution in [0.1, 0.15) is 28.8 Å². The number of β-amino-alcohol motifs (C(OH)–C–C–N with tert-alkyl or cyclic N) is 1. The minimum Gasteiger partial charge on any atom is -0.392 e. The molecule has 2 rings (SSSR count). The van der Waals surface area contributed by atoms with Crippen molar-refractivity contribution in [2.75, 3.05) is 13.1 Å². The fraction of sp³-hybridized carbons (Fsp3) is 0.462. The summed E-state index contributed by atoms with van der Waals surface area (Å²) in [6, 6.07) is 5.43. The Morgan fingerprint density at radius 3 is 3.00 bits per heavy atom. The second-order valence-corrected chi connectivity index (χ2v) is 5.67. The maximum atomic E-state index is 11.4. The van der Waals surface area contributed by atoms with Crippen LogP contribution in [0.15, 0.2) is 22.7 Å². The number of hydrogen-bond donors (Lipinski definition) is 3. The molecule has 0 aromatic heterocycles. The summed E-state index contributed by atoms with van der Waals surface area (Å²) in [5.74, 6) is 4.80. The third-order valence-electron chi connectivity index (χ3n) is 3.32. The van der Waals surface area contributed by atoms with Crippen LogP contribution >= 0.6 is 15.9 Å². The number of carbonyl (C=O) groups is 1. The molecule has 1 aliphatic rings. The topological polar surface area (TPSA) is 78.6 Å². The van der Waals surface area contributed by atoms with Gasteiger partial charge in [0.15, 0.2) is 0 Å². The maximum Gasteiger partial charge on any atom is 0.265 e. The van der Waals surface area contributed by atoms with E-state index in [4.69, 9.17) is 5.84 Å². The number of amides is 1. The van der Waals surface area contributed by atoms with Crippen LogP contribution in [0.3, 0.4) is 0 Å². The standard InChI is InChI=1S/C13H18BrN3O2/c14-12-6-9(13(19)16-15)3-4-10(12)7-17-5-1-2-11(18)8-17/h3-4,6,11,18H,1-2,5,7-8,15H2,(H,16,19). The molecule has 1 unspecified atom stereocenters. The Morgan fingerprint density at radius 1 is 1.58 bits per heavy atom. The molecule has 104 valence electrons. The summed E-state index contributed by atoms with van der Waals surface area (Å²) in [6.07, 6.45) is 1.68. The Hall–Kier alpha value is -0.950. The number of benzene rings is 1. The average molecular weight is 328 g/mol. The molecule has 19 heavy (non-hydrogen) atoms. The van der Waals surface area contributed by atoms with Crippen LogP contribution in [0.25, 0.3) is 0 Å². The Labute approximate surface area is 120 Å². The highest BCUT2D eigenvalue weighted by molar-refractivity contribution is 9.10. The number of nitrogens with one attached hydrogen (secondary N) is 1. The first-order chi connectivity index (χ1) is 9.10. The number of aliphatic hydroxyl groups excluding tert-OH is 1. The van der Waals surface area contributed by atoms with Gasteiger partial charge in [0, 0.05) is 23.1 Å². The van der Waals surface area contributed by atoms with Crippen LogP contribution in [-0.4, -0.2) is 35.1 Å². The Balaban J connectivity index is 2.06. The smallest absolute Gasteiger partial charge is 0.265 e. The lowest BCUT2D eigenvalue weighted by molar-refractivity contribution is 0.0667. The monoisotopic (exact) mass is 327 g/mol. The van der Waals surface area contributed by atoms with Gasteiger partial charge in [0.2, 0.25) is 0 Å². The zero-order chi connectivity index (χ0) is 13.8. The van der Waals surface area contributed by atoms with Gasteiger partial charge in [0.05, 0.1) is 6.10 Å². The van der Waals surface area contributed by atoms with E-state index in [1.807, 2.05) is 6.07 Å². The predicted molar refractivity (Wildman–Crippen MR) is 76.3 cm³/mol. The van der Waals surface area contributed by atoms with E-state index in [2.05, 4.69) is 26.3 Å². The highest BCUT2D eigenvalue weighted by atomic mass is 79.9. The molecule has 0 aliphatic carbocycles. The van der Waals surface area contributed by atoms with Crippen molar-refractivity contribution in [3.8, 4) is 0 Å². The quantitative estimate of drug-likeness (QED) is 0.440. The first-order valence-corrected chi connectivity index (χ1v) is 7.09. The molecule has 1 aromatic rings. The number of aliphatic hydroxyl groups is 1. The summed E-state index contributed by atoms with van der Waals surface area (Å²) >= 11 is 3.48. The fourth-order valence-corrected chi connectivity index (χ4v) is 2.82. The van der Waals surface area contributed by atoms with Gasteiger partial charge in [0.25, 0.3) is 5.91 Å². The molecule has 1 saturated heterocycles. The summed E-state index contributed by atoms with van der Waals surface area (Å²) in [5.41, 5.74) is 3.74. The third kappa shape index (κ3) is 3.76. The van der Waals surface area contributed by atoms with Crippen LogP contribution < -0.4 is 11.3 Å². The van der Waals surface area contributed by atoms with Gasteiger partial charge < -0.3 is 5.11 Å². The molecule has 1 atom stereocenters. The molecule has 6 heteroatoms. The lowest BCUT2D eigenvalue weighted by Gasteiger charge is -2.30. The number of halogens is 1. The Bertz CT molecular complexity index is 467. The number of hydrogen-bond acceptors (Lipinski definition) is 4. The molecular weight excluding hydrogens is 310 g/mol. The number of carbonyl (C=O) groups excluding carboxylic acids is 1. The van der Waals surface area contributed by atoms with Crippen molar-refractivity contribution in [3.63, 3.8) is 0 Å². The van der Waals surface area contributed by atoms with Crippen molar-refractivity contribution >= 4 is 21.8 Å². The van der Waals surface area contributed by atoms with Crippen LogP contribution in [0.4, 0.5) is 0 Å². The first-order valence-electron chi connectivity index (χ1n) is 6.30. The van der Waals surface area contributed by atoms with Gasteiger partial charge in [0.1, 0.15) is 0 Å². The zero-order valence-electron chi connectivity index (χ0n) is 10.6. The molecule has 1 aliphatic heterocycles. The van der Waals surface area contributed by atoms with Crippen molar-refractivity contribution in [1.29, 1.82) is 0 Å². The molecule has 0 saturated carbocycles. The van der Waals surface area contributed by atoms with Crippen molar-refractivity contribution in [1.82, 2.24) is 10.3 Å². The molecule has 0 bridgehead atoms. The molecule has 0 spiro atoms. The highest BCUT2D eigenvalue weighted by Gasteiger charge is 2.18. The second kappa shape index (κ2) is 6.47. The average Bonchev–Trinajstić information content (AvgIpc) is 2.40. The highest BCUT2D eigenvalue weighted by Crippen LogP contribution is 2.22. The molecule has 1 fully saturated rings. The SMILES string of the molecule is NNC(=O)c1ccc(CN2CCCC(O)C2)c(Br)c1. The van der Waals surface area contributed by atoms with Gasteiger partial charge in [-0.25, -0.2) is 5.84 Å². The Morgan fingerprint density at radius 2 is 2.37 bits per heavy atom. The molecule has 4 N–H and O–H groups in total. The summed E-state index contributed by atoms with van der Waals surface area (Å²) in [5, 5.41) is 9.66. The maximum absolute atomic E-state index is 11.4. The number of rotatable bonds is 3. The van der Waals surface area contributed by atoms with Gasteiger partial charge in [-0.05, 0) is 37.1 Å². The van der Waals surface area contributed by atoms with Crippen molar-refractivity contribution in [2.45, 2.75) is 25.5 Å². The van der Waals surface area contributed by atoms with E-state index >= 15 is 0 Å². The normalized spacial score (nSPS) is 20.3. The summed E-state index contributed by atoms with van der Waals surface area (Å²) < 4.78 is 0.883. The van der Waals surface area contributed by atoms with Gasteiger partial charge in [-0.2, -0.15) is 0 Å². The zero-order valence-corrected chi connectivity index (χ0v) is 12.2. The van der Waals surface area contributed by atoms with Crippen LogP contribution in [0.2, 0.25) is 0 Å². The van der Waals surface area contributed by atoms with Crippen molar-refractivity contribution in [2.24, 2.45) is 5.84 Å². The largest absolute Gasteiger partial charge is 0.392 e. The Kier molecular flexibility index (Phi) is 4.93. The number of hydrazine groups is 1. The molecule has 5 nitrogen and oxygen atoms in total. The van der Waals surface area contributed by atoms with Crippen molar-refractivity contribution in [3.05, 3.63) is 33.8 Å². The fourth-order valence-electron chi connectivity index (χ4n) is 2.32. The van der Waals surface area contributed by atoms with E-state index in [9.17, 15) is 9.90 Å². The molecule has 0 radical (unpaired) electrons. The number of nitrogens with two attached hydrogens (primary N) is 1. The summed E-state index contributed by atoms with van der Waals surface area (Å²) in [6.45, 7) is 2.47. The minimum absolute atomic E-state index is 0.227. The molecular formula is C13H18BrN3O2. The van der Waals surface area contributed by atoms with Crippen molar-refractivity contribution < 1.29 is 9.90 Å². The number of nitrogens with zero attached hydrogens (tertiary/aromatic N) is 1. The second-order valence-electron chi connectivity index (χ2n) is 4.81. The van der Waals surface area contributed by atoms with Gasteiger partial charge in [-0.15, -0.1) is 0 Å². The van der Waals surface area contributed by atoms with Crippen LogP contribution in [0, 0.1) is 0 Å². The molecule has 1 heterocycles. The van der Waals surface area contributed by atoms with Crippen LogP contribution in [-0.2, 0) is 6.54 Å². The van der Waals surface area contributed by atoms with E-state index in [-0.39, 0.29) is 12.0 Å². The predicted octanol–water partition coefficient (Wildman–Crippen LogP) is 1.01. The van der Waals surface area contributed by atoms with E-state index in [1.54, 1.807) is 12.1 Å². The minimum atomic E-state index is -0.305. The first kappa shape index (κ1) is 14.5. The number of nitrogen functional groups attached to an aromatic ring is 1. The molecule has 1 amide bonds. The third-order valence-corrected chi connectivity index (χ3v) is 4.06. The lowest BCUT2D eigenvalue weighted by Crippen LogP contribution is -2.37. The summed E-state index contributed by atoms with van der Waals surface area (Å²) in [7, 11) is 0. The number of piperidine rings is 1. The lowest BCUT2D eigenvalue weighted by atomic mass is 10.1. The van der Waals surface area contributed by atoms with Gasteiger partial charge in [-0.3, -0.25) is 15.1 Å². The van der Waals surface area contributed by atoms with E-state index in [1.165, 1.54) is 0 Å². The van der Waals surface area contributed by atoms with Crippen LogP contribution in [0.5, 0.6) is 0 Å². The van der Waals surface area contributed by atoms with E-state index in [0.717, 1.165) is 36.0 Å². The van der Waals surface area contributed by atoms with E-state index < -0.39 is 0 Å². The summed E-state index contributed by atoms with van der Waals surface area (Å²) in [4.78, 5) is 13.6. The molecule has 1 aromatic carbocycles.